The minimum atomic E-state index is 0.401. The fraction of sp³-hybridized carbons (Fsp3) is 0.0714. The maximum atomic E-state index is 5.70. The van der Waals surface area contributed by atoms with Crippen molar-refractivity contribution in [3.8, 4) is 5.75 Å². The molecule has 90 valence electrons. The van der Waals surface area contributed by atoms with Crippen molar-refractivity contribution < 1.29 is 9.15 Å². The number of ether oxygens (including phenoxy) is 1. The summed E-state index contributed by atoms with van der Waals surface area (Å²) in [5.41, 5.74) is 0.856. The molecule has 0 unspecified atom stereocenters. The molecule has 4 heteroatoms. The Morgan fingerprint density at radius 1 is 1.22 bits per heavy atom. The smallest absolute Gasteiger partial charge is 0.146 e. The Balaban J connectivity index is 1.79. The lowest BCUT2D eigenvalue weighted by atomic mass is 10.2. The van der Waals surface area contributed by atoms with E-state index in [0.29, 0.717) is 6.61 Å². The molecule has 0 amide bonds. The maximum absolute atomic E-state index is 5.70. The van der Waals surface area contributed by atoms with Gasteiger partial charge in [-0.1, -0.05) is 15.9 Å². The Hall–Kier alpha value is -1.81. The molecular weight excluding hydrogens is 294 g/mol. The van der Waals surface area contributed by atoms with E-state index >= 15 is 0 Å². The van der Waals surface area contributed by atoms with Crippen LogP contribution in [0.3, 0.4) is 0 Å². The van der Waals surface area contributed by atoms with Crippen LogP contribution in [-0.4, -0.2) is 4.98 Å². The highest BCUT2D eigenvalue weighted by molar-refractivity contribution is 9.10. The van der Waals surface area contributed by atoms with Gasteiger partial charge in [-0.05, 0) is 36.4 Å². The predicted molar refractivity (Wildman–Crippen MR) is 72.5 cm³/mol. The van der Waals surface area contributed by atoms with Gasteiger partial charge in [0.25, 0.3) is 0 Å². The second-order valence-corrected chi connectivity index (χ2v) is 4.79. The SMILES string of the molecule is Brc1ccc2cc(COc3cccnc3)oc2c1. The molecule has 0 atom stereocenters. The first-order chi connectivity index (χ1) is 8.81. The summed E-state index contributed by atoms with van der Waals surface area (Å²) < 4.78 is 12.3. The highest BCUT2D eigenvalue weighted by Crippen LogP contribution is 2.24. The molecule has 2 heterocycles. The normalized spacial score (nSPS) is 10.7. The number of benzene rings is 1. The van der Waals surface area contributed by atoms with Crippen molar-refractivity contribution in [2.45, 2.75) is 6.61 Å². The largest absolute Gasteiger partial charge is 0.484 e. The number of aromatic nitrogens is 1. The van der Waals surface area contributed by atoms with Crippen molar-refractivity contribution >= 4 is 26.9 Å². The number of furan rings is 1. The van der Waals surface area contributed by atoms with E-state index in [9.17, 15) is 0 Å². The third-order valence-corrected chi connectivity index (χ3v) is 3.04. The van der Waals surface area contributed by atoms with Crippen LogP contribution in [0.4, 0.5) is 0 Å². The minimum absolute atomic E-state index is 0.401. The standard InChI is InChI=1S/C14H10BrNO2/c15-11-4-3-10-6-13(18-14(10)7-11)9-17-12-2-1-5-16-8-12/h1-8H,9H2. The van der Waals surface area contributed by atoms with Crippen LogP contribution in [0.2, 0.25) is 0 Å². The van der Waals surface area contributed by atoms with Crippen molar-refractivity contribution in [3.63, 3.8) is 0 Å². The van der Waals surface area contributed by atoms with Crippen LogP contribution in [0.15, 0.2) is 57.7 Å². The van der Waals surface area contributed by atoms with Crippen LogP contribution >= 0.6 is 15.9 Å². The number of fused-ring (bicyclic) bond motifs is 1. The van der Waals surface area contributed by atoms with E-state index in [2.05, 4.69) is 20.9 Å². The number of nitrogens with zero attached hydrogens (tertiary/aromatic N) is 1. The van der Waals surface area contributed by atoms with Crippen molar-refractivity contribution in [1.29, 1.82) is 0 Å². The van der Waals surface area contributed by atoms with Crippen LogP contribution in [0.5, 0.6) is 5.75 Å². The van der Waals surface area contributed by atoms with Crippen LogP contribution in [0, 0.1) is 0 Å². The lowest BCUT2D eigenvalue weighted by molar-refractivity contribution is 0.273. The molecule has 0 saturated heterocycles. The third-order valence-electron chi connectivity index (χ3n) is 2.55. The molecule has 0 saturated carbocycles. The van der Waals surface area contributed by atoms with Crippen molar-refractivity contribution in [1.82, 2.24) is 4.98 Å². The van der Waals surface area contributed by atoms with E-state index in [1.807, 2.05) is 36.4 Å². The molecule has 2 aromatic heterocycles. The van der Waals surface area contributed by atoms with E-state index in [-0.39, 0.29) is 0 Å². The summed E-state index contributed by atoms with van der Waals surface area (Å²) in [5, 5.41) is 1.07. The van der Waals surface area contributed by atoms with E-state index in [1.54, 1.807) is 12.4 Å². The number of pyridine rings is 1. The van der Waals surface area contributed by atoms with Gasteiger partial charge in [0.1, 0.15) is 23.7 Å². The number of hydrogen-bond acceptors (Lipinski definition) is 3. The summed E-state index contributed by atoms with van der Waals surface area (Å²) in [5.74, 6) is 1.53. The first kappa shape index (κ1) is 11.3. The third kappa shape index (κ3) is 2.38. The second-order valence-electron chi connectivity index (χ2n) is 3.87. The summed E-state index contributed by atoms with van der Waals surface area (Å²) >= 11 is 3.42. The Morgan fingerprint density at radius 2 is 2.17 bits per heavy atom. The summed E-state index contributed by atoms with van der Waals surface area (Å²) in [4.78, 5) is 3.99. The van der Waals surface area contributed by atoms with Gasteiger partial charge in [0.15, 0.2) is 0 Å². The van der Waals surface area contributed by atoms with Gasteiger partial charge in [-0.3, -0.25) is 4.98 Å². The average Bonchev–Trinajstić information content (AvgIpc) is 2.79. The molecule has 3 rings (SSSR count). The lowest BCUT2D eigenvalue weighted by Crippen LogP contribution is -1.93. The van der Waals surface area contributed by atoms with Gasteiger partial charge in [-0.25, -0.2) is 0 Å². The molecule has 3 nitrogen and oxygen atoms in total. The van der Waals surface area contributed by atoms with Crippen LogP contribution in [-0.2, 0) is 6.61 Å². The highest BCUT2D eigenvalue weighted by atomic mass is 79.9. The number of rotatable bonds is 3. The molecule has 0 N–H and O–H groups in total. The molecule has 3 aromatic rings. The van der Waals surface area contributed by atoms with Crippen molar-refractivity contribution in [2.75, 3.05) is 0 Å². The van der Waals surface area contributed by atoms with Crippen LogP contribution in [0.1, 0.15) is 5.76 Å². The Bertz CT molecular complexity index is 664. The van der Waals surface area contributed by atoms with Gasteiger partial charge < -0.3 is 9.15 Å². The monoisotopic (exact) mass is 303 g/mol. The van der Waals surface area contributed by atoms with Gasteiger partial charge in [0, 0.05) is 16.1 Å². The maximum Gasteiger partial charge on any atom is 0.146 e. The van der Waals surface area contributed by atoms with Gasteiger partial charge in [-0.2, -0.15) is 0 Å². The van der Waals surface area contributed by atoms with Crippen LogP contribution in [0.25, 0.3) is 11.0 Å². The van der Waals surface area contributed by atoms with Gasteiger partial charge in [-0.15, -0.1) is 0 Å². The quantitative estimate of drug-likeness (QED) is 0.728. The predicted octanol–water partition coefficient (Wildman–Crippen LogP) is 4.17. The number of halogens is 1. The summed E-state index contributed by atoms with van der Waals surface area (Å²) in [6.07, 6.45) is 3.39. The lowest BCUT2D eigenvalue weighted by Gasteiger charge is -2.01. The second kappa shape index (κ2) is 4.82. The zero-order chi connectivity index (χ0) is 12.4. The molecule has 0 aliphatic heterocycles. The highest BCUT2D eigenvalue weighted by Gasteiger charge is 2.05. The molecule has 0 spiro atoms. The zero-order valence-corrected chi connectivity index (χ0v) is 11.1. The molecule has 18 heavy (non-hydrogen) atoms. The fourth-order valence-electron chi connectivity index (χ4n) is 1.72. The van der Waals surface area contributed by atoms with Crippen molar-refractivity contribution in [3.05, 3.63) is 59.0 Å². The zero-order valence-electron chi connectivity index (χ0n) is 9.47. The first-order valence-electron chi connectivity index (χ1n) is 5.52. The van der Waals surface area contributed by atoms with E-state index in [1.165, 1.54) is 0 Å². The van der Waals surface area contributed by atoms with E-state index < -0.39 is 0 Å². The Labute approximate surface area is 113 Å². The Morgan fingerprint density at radius 3 is 3.00 bits per heavy atom. The molecule has 0 bridgehead atoms. The van der Waals surface area contributed by atoms with Gasteiger partial charge in [0.05, 0.1) is 6.20 Å². The Kier molecular flexibility index (Phi) is 3.02. The molecule has 0 aliphatic carbocycles. The van der Waals surface area contributed by atoms with E-state index in [4.69, 9.17) is 9.15 Å². The summed E-state index contributed by atoms with van der Waals surface area (Å²) in [6, 6.07) is 11.6. The van der Waals surface area contributed by atoms with E-state index in [0.717, 1.165) is 27.0 Å². The summed E-state index contributed by atoms with van der Waals surface area (Å²) in [7, 11) is 0. The minimum Gasteiger partial charge on any atom is -0.484 e. The molecule has 0 fully saturated rings. The topological polar surface area (TPSA) is 35.3 Å². The van der Waals surface area contributed by atoms with Gasteiger partial charge >= 0.3 is 0 Å². The van der Waals surface area contributed by atoms with Crippen molar-refractivity contribution in [2.24, 2.45) is 0 Å². The molecule has 0 radical (unpaired) electrons. The molecular formula is C14H10BrNO2. The summed E-state index contributed by atoms with van der Waals surface area (Å²) in [6.45, 7) is 0.401. The van der Waals surface area contributed by atoms with Crippen LogP contribution < -0.4 is 4.74 Å². The molecule has 1 aromatic carbocycles. The molecule has 0 aliphatic rings. The first-order valence-corrected chi connectivity index (χ1v) is 6.31. The average molecular weight is 304 g/mol. The van der Waals surface area contributed by atoms with Gasteiger partial charge in [0.2, 0.25) is 0 Å². The number of hydrogen-bond donors (Lipinski definition) is 0. The fourth-order valence-corrected chi connectivity index (χ4v) is 2.06.